The highest BCUT2D eigenvalue weighted by molar-refractivity contribution is 7.99. The van der Waals surface area contributed by atoms with Crippen molar-refractivity contribution in [2.75, 3.05) is 18.2 Å². The molecule has 40 heavy (non-hydrogen) atoms. The molecule has 1 aromatic heterocycles. The molecular formula is C32H25N3O4S. The van der Waals surface area contributed by atoms with Crippen LogP contribution in [0.2, 0.25) is 0 Å². The summed E-state index contributed by atoms with van der Waals surface area (Å²) in [6.45, 7) is 0. The summed E-state index contributed by atoms with van der Waals surface area (Å²) in [6.07, 6.45) is 3.22. The molecule has 5 aromatic rings. The first-order valence-corrected chi connectivity index (χ1v) is 13.5. The number of hydrogen-bond donors (Lipinski definition) is 1. The Labute approximate surface area is 235 Å². The van der Waals surface area contributed by atoms with E-state index >= 15 is 0 Å². The topological polar surface area (TPSA) is 90.3 Å². The minimum Gasteiger partial charge on any atom is -0.497 e. The number of benzene rings is 4. The fourth-order valence-electron chi connectivity index (χ4n) is 4.07. The van der Waals surface area contributed by atoms with Crippen molar-refractivity contribution >= 4 is 46.1 Å². The Hall–Kier alpha value is -4.95. The number of anilines is 1. The van der Waals surface area contributed by atoms with E-state index in [1.165, 1.54) is 22.4 Å². The summed E-state index contributed by atoms with van der Waals surface area (Å²) in [5.41, 5.74) is 2.85. The molecule has 8 heteroatoms. The van der Waals surface area contributed by atoms with Gasteiger partial charge in [0.05, 0.1) is 29.5 Å². The highest BCUT2D eigenvalue weighted by atomic mass is 32.2. The number of rotatable bonds is 9. The zero-order chi connectivity index (χ0) is 27.9. The quantitative estimate of drug-likeness (QED) is 0.105. The minimum absolute atomic E-state index is 0.0210. The maximum Gasteiger partial charge on any atom is 0.266 e. The third-order valence-electron chi connectivity index (χ3n) is 6.07. The lowest BCUT2D eigenvalue weighted by Crippen LogP contribution is -2.23. The number of ketones is 1. The van der Waals surface area contributed by atoms with Gasteiger partial charge in [-0.1, -0.05) is 72.4 Å². The molecule has 0 radical (unpaired) electrons. The van der Waals surface area contributed by atoms with Gasteiger partial charge in [0.1, 0.15) is 5.75 Å². The molecule has 0 fully saturated rings. The Morgan fingerprint density at radius 1 is 0.925 bits per heavy atom. The molecule has 0 unspecified atom stereocenters. The fraction of sp³-hybridized carbons (Fsp3) is 0.0625. The van der Waals surface area contributed by atoms with Gasteiger partial charge in [0.15, 0.2) is 10.9 Å². The van der Waals surface area contributed by atoms with E-state index in [0.29, 0.717) is 33.0 Å². The zero-order valence-electron chi connectivity index (χ0n) is 21.6. The lowest BCUT2D eigenvalue weighted by atomic mass is 10.1. The molecular weight excluding hydrogens is 522 g/mol. The molecule has 1 amide bonds. The Kier molecular flexibility index (Phi) is 8.18. The number of nitrogens with one attached hydrogen (secondary N) is 1. The van der Waals surface area contributed by atoms with Gasteiger partial charge in [-0.15, -0.1) is 0 Å². The molecule has 0 saturated carbocycles. The van der Waals surface area contributed by atoms with Gasteiger partial charge in [0.2, 0.25) is 5.91 Å². The number of carbonyl (C=O) groups is 2. The second kappa shape index (κ2) is 12.3. The Morgan fingerprint density at radius 3 is 2.45 bits per heavy atom. The maximum atomic E-state index is 13.3. The number of para-hydroxylation sites is 2. The molecule has 4 aromatic carbocycles. The Balaban J connectivity index is 1.29. The number of thioether (sulfide) groups is 1. The molecule has 0 aliphatic heterocycles. The molecule has 7 nitrogen and oxygen atoms in total. The molecule has 1 heterocycles. The van der Waals surface area contributed by atoms with Crippen LogP contribution in [0.25, 0.3) is 22.7 Å². The van der Waals surface area contributed by atoms with Gasteiger partial charge >= 0.3 is 0 Å². The fourth-order valence-corrected chi connectivity index (χ4v) is 4.89. The van der Waals surface area contributed by atoms with Crippen molar-refractivity contribution in [2.45, 2.75) is 5.16 Å². The molecule has 0 bridgehead atoms. The third kappa shape index (κ3) is 6.19. The van der Waals surface area contributed by atoms with Crippen LogP contribution in [-0.2, 0) is 4.79 Å². The van der Waals surface area contributed by atoms with Crippen LogP contribution in [-0.4, -0.2) is 34.1 Å². The van der Waals surface area contributed by atoms with Crippen molar-refractivity contribution in [1.82, 2.24) is 9.55 Å². The van der Waals surface area contributed by atoms with Gasteiger partial charge in [0.25, 0.3) is 5.56 Å². The SMILES string of the molecule is COc1ccc(/C=C/C(=O)c2cccc(NC(=O)CSc3nc4ccccc4c(=O)n3-c3ccccc3)c2)cc1. The molecule has 1 N–H and O–H groups in total. The molecule has 0 spiro atoms. The summed E-state index contributed by atoms with van der Waals surface area (Å²) in [5, 5.41) is 3.76. The molecule has 5 rings (SSSR count). The summed E-state index contributed by atoms with van der Waals surface area (Å²) in [7, 11) is 1.60. The van der Waals surface area contributed by atoms with Crippen LogP contribution < -0.4 is 15.6 Å². The largest absolute Gasteiger partial charge is 0.497 e. The smallest absolute Gasteiger partial charge is 0.266 e. The van der Waals surface area contributed by atoms with Crippen LogP contribution in [0.5, 0.6) is 5.75 Å². The third-order valence-corrected chi connectivity index (χ3v) is 7.00. The summed E-state index contributed by atoms with van der Waals surface area (Å²) in [6, 6.07) is 30.5. The molecule has 0 saturated heterocycles. The van der Waals surface area contributed by atoms with Crippen LogP contribution in [0.1, 0.15) is 15.9 Å². The normalized spacial score (nSPS) is 11.0. The first-order chi connectivity index (χ1) is 19.5. The maximum absolute atomic E-state index is 13.3. The number of hydrogen-bond acceptors (Lipinski definition) is 6. The summed E-state index contributed by atoms with van der Waals surface area (Å²) in [5.74, 6) is 0.288. The summed E-state index contributed by atoms with van der Waals surface area (Å²) < 4.78 is 6.68. The van der Waals surface area contributed by atoms with Crippen molar-refractivity contribution in [3.05, 3.63) is 131 Å². The van der Waals surface area contributed by atoms with Crippen molar-refractivity contribution in [2.24, 2.45) is 0 Å². The molecule has 0 atom stereocenters. The van der Waals surface area contributed by atoms with Crippen LogP contribution >= 0.6 is 11.8 Å². The first kappa shape index (κ1) is 26.6. The lowest BCUT2D eigenvalue weighted by Gasteiger charge is -2.13. The van der Waals surface area contributed by atoms with Gasteiger partial charge in [0, 0.05) is 11.3 Å². The van der Waals surface area contributed by atoms with Crippen molar-refractivity contribution < 1.29 is 14.3 Å². The lowest BCUT2D eigenvalue weighted by molar-refractivity contribution is -0.113. The highest BCUT2D eigenvalue weighted by Gasteiger charge is 2.15. The average Bonchev–Trinajstić information content (AvgIpc) is 2.99. The van der Waals surface area contributed by atoms with Gasteiger partial charge in [-0.3, -0.25) is 19.0 Å². The van der Waals surface area contributed by atoms with E-state index in [4.69, 9.17) is 4.74 Å². The van der Waals surface area contributed by atoms with Crippen LogP contribution in [0.15, 0.2) is 119 Å². The van der Waals surface area contributed by atoms with E-state index < -0.39 is 0 Å². The van der Waals surface area contributed by atoms with Crippen molar-refractivity contribution in [3.63, 3.8) is 0 Å². The van der Waals surface area contributed by atoms with E-state index in [2.05, 4.69) is 10.3 Å². The van der Waals surface area contributed by atoms with Gasteiger partial charge in [-0.2, -0.15) is 0 Å². The average molecular weight is 548 g/mol. The van der Waals surface area contributed by atoms with E-state index in [1.807, 2.05) is 60.7 Å². The second-order valence-electron chi connectivity index (χ2n) is 8.78. The van der Waals surface area contributed by atoms with Crippen LogP contribution in [0.4, 0.5) is 5.69 Å². The van der Waals surface area contributed by atoms with Crippen molar-refractivity contribution in [3.8, 4) is 11.4 Å². The first-order valence-electron chi connectivity index (χ1n) is 12.5. The number of fused-ring (bicyclic) bond motifs is 1. The zero-order valence-corrected chi connectivity index (χ0v) is 22.4. The van der Waals surface area contributed by atoms with E-state index in [-0.39, 0.29) is 23.0 Å². The van der Waals surface area contributed by atoms with Gasteiger partial charge in [-0.25, -0.2) is 4.98 Å². The number of carbonyl (C=O) groups excluding carboxylic acids is 2. The standard InChI is InChI=1S/C32H25N3O4S/c1-39-26-17-14-22(15-18-26)16-19-29(36)23-8-7-9-24(20-23)33-30(37)21-40-32-34-28-13-6-5-12-27(28)31(38)35(32)25-10-3-2-4-11-25/h2-20H,21H2,1H3,(H,33,37)/b19-16+. The monoisotopic (exact) mass is 547 g/mol. The van der Waals surface area contributed by atoms with Gasteiger partial charge < -0.3 is 10.1 Å². The number of methoxy groups -OCH3 is 1. The second-order valence-corrected chi connectivity index (χ2v) is 9.72. The van der Waals surface area contributed by atoms with E-state index in [9.17, 15) is 14.4 Å². The number of ether oxygens (including phenoxy) is 1. The summed E-state index contributed by atoms with van der Waals surface area (Å²) >= 11 is 1.17. The van der Waals surface area contributed by atoms with E-state index in [0.717, 1.165) is 11.3 Å². The number of amides is 1. The highest BCUT2D eigenvalue weighted by Crippen LogP contribution is 2.22. The van der Waals surface area contributed by atoms with Crippen molar-refractivity contribution in [1.29, 1.82) is 0 Å². The molecule has 0 aliphatic carbocycles. The number of aromatic nitrogens is 2. The summed E-state index contributed by atoms with van der Waals surface area (Å²) in [4.78, 5) is 43.6. The molecule has 198 valence electrons. The predicted octanol–water partition coefficient (Wildman–Crippen LogP) is 6.02. The van der Waals surface area contributed by atoms with E-state index in [1.54, 1.807) is 55.7 Å². The van der Waals surface area contributed by atoms with Gasteiger partial charge in [-0.05, 0) is 60.2 Å². The Morgan fingerprint density at radius 2 is 1.68 bits per heavy atom. The molecule has 0 aliphatic rings. The number of nitrogens with zero attached hydrogens (tertiary/aromatic N) is 2. The number of allylic oxidation sites excluding steroid dienone is 1. The van der Waals surface area contributed by atoms with Crippen LogP contribution in [0, 0.1) is 0 Å². The predicted molar refractivity (Wildman–Crippen MR) is 159 cm³/mol. The minimum atomic E-state index is -0.287. The Bertz CT molecular complexity index is 1760. The van der Waals surface area contributed by atoms with Crippen LogP contribution in [0.3, 0.4) is 0 Å².